The van der Waals surface area contributed by atoms with E-state index in [-0.39, 0.29) is 0 Å². The van der Waals surface area contributed by atoms with Crippen LogP contribution < -0.4 is 5.32 Å². The first-order valence-electron chi connectivity index (χ1n) is 8.19. The van der Waals surface area contributed by atoms with Crippen molar-refractivity contribution in [2.75, 3.05) is 19.6 Å². The smallest absolute Gasteiger partial charge is 0.0278 e. The lowest BCUT2D eigenvalue weighted by Gasteiger charge is -2.47. The van der Waals surface area contributed by atoms with Crippen molar-refractivity contribution in [1.29, 1.82) is 0 Å². The van der Waals surface area contributed by atoms with Gasteiger partial charge in [0, 0.05) is 31.2 Å². The molecule has 2 heteroatoms. The second kappa shape index (κ2) is 5.13. The van der Waals surface area contributed by atoms with E-state index < -0.39 is 0 Å². The third-order valence-electron chi connectivity index (χ3n) is 5.67. The summed E-state index contributed by atoms with van der Waals surface area (Å²) in [6, 6.07) is 0.852. The molecule has 1 saturated heterocycles. The molecule has 1 N–H and O–H groups in total. The summed E-state index contributed by atoms with van der Waals surface area (Å²) in [7, 11) is 0. The molecule has 0 aromatic rings. The van der Waals surface area contributed by atoms with E-state index in [1.54, 1.807) is 0 Å². The van der Waals surface area contributed by atoms with Crippen LogP contribution in [0.15, 0.2) is 0 Å². The van der Waals surface area contributed by atoms with Crippen LogP contribution in [0.2, 0.25) is 0 Å². The Morgan fingerprint density at radius 3 is 2.50 bits per heavy atom. The average molecular weight is 250 g/mol. The van der Waals surface area contributed by atoms with E-state index in [0.29, 0.717) is 5.54 Å². The summed E-state index contributed by atoms with van der Waals surface area (Å²) in [5.74, 6) is 2.02. The standard InChI is InChI=1S/C16H30N2/c1-3-16(2)12-18(11-13-6-4-5-7-13)15(10-17-16)14-8-9-14/h13-15,17H,3-12H2,1-2H3. The summed E-state index contributed by atoms with van der Waals surface area (Å²) in [5.41, 5.74) is 0.365. The SMILES string of the molecule is CCC1(C)CN(CC2CCCC2)C(C2CC2)CN1. The maximum absolute atomic E-state index is 3.83. The summed E-state index contributed by atoms with van der Waals surface area (Å²) < 4.78 is 0. The van der Waals surface area contributed by atoms with Gasteiger partial charge >= 0.3 is 0 Å². The van der Waals surface area contributed by atoms with Crippen molar-refractivity contribution in [3.8, 4) is 0 Å². The first-order chi connectivity index (χ1) is 8.70. The van der Waals surface area contributed by atoms with Gasteiger partial charge in [0.25, 0.3) is 0 Å². The lowest BCUT2D eigenvalue weighted by molar-refractivity contribution is 0.0594. The fourth-order valence-electron chi connectivity index (χ4n) is 4.01. The highest BCUT2D eigenvalue weighted by Gasteiger charge is 2.42. The number of nitrogens with zero attached hydrogens (tertiary/aromatic N) is 1. The predicted octanol–water partition coefficient (Wildman–Crippen LogP) is 3.03. The summed E-state index contributed by atoms with van der Waals surface area (Å²) in [6.45, 7) is 8.65. The Morgan fingerprint density at radius 2 is 1.89 bits per heavy atom. The molecule has 0 radical (unpaired) electrons. The summed E-state index contributed by atoms with van der Waals surface area (Å²) >= 11 is 0. The molecular weight excluding hydrogens is 220 g/mol. The summed E-state index contributed by atoms with van der Waals surface area (Å²) in [4.78, 5) is 2.87. The molecule has 3 fully saturated rings. The monoisotopic (exact) mass is 250 g/mol. The van der Waals surface area contributed by atoms with Crippen LogP contribution in [0.3, 0.4) is 0 Å². The Balaban J connectivity index is 1.64. The van der Waals surface area contributed by atoms with Gasteiger partial charge in [0.05, 0.1) is 0 Å². The van der Waals surface area contributed by atoms with E-state index in [4.69, 9.17) is 0 Å². The minimum absolute atomic E-state index is 0.365. The largest absolute Gasteiger partial charge is 0.309 e. The Morgan fingerprint density at radius 1 is 1.17 bits per heavy atom. The van der Waals surface area contributed by atoms with Crippen LogP contribution in [0.1, 0.15) is 58.8 Å². The molecule has 2 nitrogen and oxygen atoms in total. The first-order valence-corrected chi connectivity index (χ1v) is 8.19. The van der Waals surface area contributed by atoms with Gasteiger partial charge in [0.15, 0.2) is 0 Å². The van der Waals surface area contributed by atoms with Gasteiger partial charge in [-0.2, -0.15) is 0 Å². The molecular formula is C16H30N2. The van der Waals surface area contributed by atoms with Crippen LogP contribution in [0, 0.1) is 11.8 Å². The number of hydrogen-bond acceptors (Lipinski definition) is 2. The summed E-state index contributed by atoms with van der Waals surface area (Å²) in [5, 5.41) is 3.83. The van der Waals surface area contributed by atoms with E-state index in [0.717, 1.165) is 17.9 Å². The highest BCUT2D eigenvalue weighted by atomic mass is 15.3. The van der Waals surface area contributed by atoms with Crippen molar-refractivity contribution in [2.24, 2.45) is 11.8 Å². The molecule has 0 aromatic carbocycles. The quantitative estimate of drug-likeness (QED) is 0.825. The molecule has 2 atom stereocenters. The highest BCUT2D eigenvalue weighted by Crippen LogP contribution is 2.38. The molecule has 18 heavy (non-hydrogen) atoms. The van der Waals surface area contributed by atoms with E-state index in [1.807, 2.05) is 0 Å². The zero-order valence-corrected chi connectivity index (χ0v) is 12.3. The van der Waals surface area contributed by atoms with Crippen molar-refractivity contribution in [3.05, 3.63) is 0 Å². The maximum Gasteiger partial charge on any atom is 0.0278 e. The van der Waals surface area contributed by atoms with Crippen LogP contribution in [-0.4, -0.2) is 36.1 Å². The molecule has 1 aliphatic heterocycles. The van der Waals surface area contributed by atoms with Gasteiger partial charge < -0.3 is 5.32 Å². The Kier molecular flexibility index (Phi) is 3.68. The van der Waals surface area contributed by atoms with Gasteiger partial charge in [-0.05, 0) is 50.9 Å². The zero-order valence-electron chi connectivity index (χ0n) is 12.3. The average Bonchev–Trinajstić information content (AvgIpc) is 3.08. The topological polar surface area (TPSA) is 15.3 Å². The lowest BCUT2D eigenvalue weighted by atomic mass is 9.91. The Labute approximate surface area is 113 Å². The predicted molar refractivity (Wildman–Crippen MR) is 76.7 cm³/mol. The number of rotatable bonds is 4. The van der Waals surface area contributed by atoms with Gasteiger partial charge in [-0.3, -0.25) is 4.90 Å². The van der Waals surface area contributed by atoms with Gasteiger partial charge in [-0.25, -0.2) is 0 Å². The highest BCUT2D eigenvalue weighted by molar-refractivity contribution is 5.00. The Hall–Kier alpha value is -0.0800. The van der Waals surface area contributed by atoms with Crippen LogP contribution in [0.4, 0.5) is 0 Å². The normalized spacial score (nSPS) is 39.3. The van der Waals surface area contributed by atoms with Crippen LogP contribution in [0.5, 0.6) is 0 Å². The minimum atomic E-state index is 0.365. The Bertz CT molecular complexity index is 281. The molecule has 1 heterocycles. The van der Waals surface area contributed by atoms with E-state index in [1.165, 1.54) is 64.6 Å². The van der Waals surface area contributed by atoms with Crippen molar-refractivity contribution >= 4 is 0 Å². The van der Waals surface area contributed by atoms with Crippen LogP contribution >= 0.6 is 0 Å². The molecule has 0 spiro atoms. The zero-order chi connectivity index (χ0) is 12.6. The van der Waals surface area contributed by atoms with E-state index >= 15 is 0 Å². The van der Waals surface area contributed by atoms with Gasteiger partial charge in [0.2, 0.25) is 0 Å². The number of hydrogen-bond donors (Lipinski definition) is 1. The maximum atomic E-state index is 3.83. The van der Waals surface area contributed by atoms with Gasteiger partial charge in [-0.15, -0.1) is 0 Å². The van der Waals surface area contributed by atoms with Crippen molar-refractivity contribution in [2.45, 2.75) is 70.4 Å². The number of piperazine rings is 1. The summed E-state index contributed by atoms with van der Waals surface area (Å²) in [6.07, 6.45) is 10.2. The third-order valence-corrected chi connectivity index (χ3v) is 5.67. The fraction of sp³-hybridized carbons (Fsp3) is 1.00. The molecule has 0 bridgehead atoms. The lowest BCUT2D eigenvalue weighted by Crippen LogP contribution is -2.63. The fourth-order valence-corrected chi connectivity index (χ4v) is 4.01. The second-order valence-electron chi connectivity index (χ2n) is 7.28. The van der Waals surface area contributed by atoms with E-state index in [2.05, 4.69) is 24.1 Å². The van der Waals surface area contributed by atoms with Gasteiger partial charge in [0.1, 0.15) is 0 Å². The minimum Gasteiger partial charge on any atom is -0.309 e. The second-order valence-corrected chi connectivity index (χ2v) is 7.28. The van der Waals surface area contributed by atoms with E-state index in [9.17, 15) is 0 Å². The van der Waals surface area contributed by atoms with Crippen molar-refractivity contribution in [1.82, 2.24) is 10.2 Å². The molecule has 104 valence electrons. The molecule has 3 rings (SSSR count). The van der Waals surface area contributed by atoms with Crippen LogP contribution in [0.25, 0.3) is 0 Å². The van der Waals surface area contributed by atoms with Crippen molar-refractivity contribution in [3.63, 3.8) is 0 Å². The molecule has 0 amide bonds. The molecule has 2 saturated carbocycles. The molecule has 0 aromatic heterocycles. The van der Waals surface area contributed by atoms with Gasteiger partial charge in [-0.1, -0.05) is 19.8 Å². The molecule has 2 aliphatic carbocycles. The molecule has 3 aliphatic rings. The van der Waals surface area contributed by atoms with Crippen molar-refractivity contribution < 1.29 is 0 Å². The van der Waals surface area contributed by atoms with Crippen LogP contribution in [-0.2, 0) is 0 Å². The first kappa shape index (κ1) is 12.9. The number of nitrogens with one attached hydrogen (secondary N) is 1. The molecule has 2 unspecified atom stereocenters. The third kappa shape index (κ3) is 2.75.